The zero-order valence-electron chi connectivity index (χ0n) is 9.97. The van der Waals surface area contributed by atoms with Crippen molar-refractivity contribution in [3.05, 3.63) is 29.5 Å². The van der Waals surface area contributed by atoms with Gasteiger partial charge in [-0.1, -0.05) is 12.1 Å². The molecule has 2 radical (unpaired) electrons. The molecule has 2 N–H and O–H groups in total. The Morgan fingerprint density at radius 2 is 1.94 bits per heavy atom. The average molecular weight is 660 g/mol. The minimum Gasteiger partial charge on any atom is -0.504 e. The number of aryl methyl sites for hydroxylation is 1. The average Bonchev–Trinajstić information content (AvgIpc) is 2.45. The number of aliphatic hydroxyl groups excluding tert-OH is 1. The fourth-order valence-corrected chi connectivity index (χ4v) is 1.82. The minimum atomic E-state index is -0.410. The molecule has 0 aliphatic rings. The van der Waals surface area contributed by atoms with Crippen LogP contribution in [0.5, 0.6) is 5.75 Å². The Hall–Kier alpha value is 1.40. The van der Waals surface area contributed by atoms with Crippen molar-refractivity contribution in [2.75, 3.05) is 0 Å². The van der Waals surface area contributed by atoms with E-state index in [2.05, 4.69) is 0 Å². The van der Waals surface area contributed by atoms with E-state index in [9.17, 15) is 10.2 Å². The molecule has 0 aliphatic heterocycles. The van der Waals surface area contributed by atoms with Gasteiger partial charge in [0.1, 0.15) is 5.76 Å². The molecule has 0 amide bonds. The van der Waals surface area contributed by atoms with E-state index >= 15 is 0 Å². The first-order valence-corrected chi connectivity index (χ1v) is 4.97. The maximum atomic E-state index is 9.59. The van der Waals surface area contributed by atoms with Crippen molar-refractivity contribution >= 4 is 11.0 Å². The number of rotatable bonds is 2. The molecule has 1 aromatic carbocycles. The summed E-state index contributed by atoms with van der Waals surface area (Å²) in [6.45, 7) is 3.58. The summed E-state index contributed by atoms with van der Waals surface area (Å²) >= 11 is 0. The summed E-state index contributed by atoms with van der Waals surface area (Å²) < 4.78 is 5.47. The molecule has 5 heteroatoms. The summed E-state index contributed by atoms with van der Waals surface area (Å²) in [6.07, 6.45) is 0.134. The second kappa shape index (κ2) is 7.86. The quantitative estimate of drug-likeness (QED) is 0.521. The van der Waals surface area contributed by atoms with E-state index in [0.717, 1.165) is 16.7 Å². The van der Waals surface area contributed by atoms with E-state index in [4.69, 9.17) is 4.42 Å². The Balaban J connectivity index is 0.00000128. The molecule has 17 heavy (non-hydrogen) atoms. The number of hydrogen-bond acceptors (Lipinski definition) is 3. The van der Waals surface area contributed by atoms with E-state index in [-0.39, 0.29) is 93.9 Å². The molecular weight excluding hydrogens is 646 g/mol. The Morgan fingerprint density at radius 3 is 2.53 bits per heavy atom. The van der Waals surface area contributed by atoms with E-state index < -0.39 is 6.10 Å². The van der Waals surface area contributed by atoms with Gasteiger partial charge in [-0.15, -0.1) is 0 Å². The van der Waals surface area contributed by atoms with Crippen LogP contribution in [0.1, 0.15) is 18.2 Å². The van der Waals surface area contributed by atoms with Gasteiger partial charge in [0, 0.05) is 105 Å². The van der Waals surface area contributed by atoms with Crippen LogP contribution in [0.2, 0.25) is 0 Å². The molecule has 0 aliphatic carbocycles. The van der Waals surface area contributed by atoms with Crippen molar-refractivity contribution in [1.29, 1.82) is 0 Å². The molecule has 86 valence electrons. The van der Waals surface area contributed by atoms with Gasteiger partial charge >= 0.3 is 0 Å². The van der Waals surface area contributed by atoms with Crippen LogP contribution in [0.4, 0.5) is 0 Å². The summed E-state index contributed by atoms with van der Waals surface area (Å²) in [6, 6.07) is 5.26. The molecule has 0 saturated carbocycles. The zero-order valence-corrected chi connectivity index (χ0v) is 19.5. The first-order valence-electron chi connectivity index (χ1n) is 4.97. The van der Waals surface area contributed by atoms with Gasteiger partial charge in [-0.05, 0) is 19.9 Å². The van der Waals surface area contributed by atoms with E-state index in [1.807, 2.05) is 13.0 Å². The monoisotopic (exact) mass is 660 g/mol. The number of phenols is 1. The van der Waals surface area contributed by atoms with Crippen molar-refractivity contribution < 1.29 is 103 Å². The molecule has 0 fully saturated rings. The number of aromatic hydroxyl groups is 1. The Bertz CT molecular complexity index is 492. The topological polar surface area (TPSA) is 53.6 Å². The van der Waals surface area contributed by atoms with Crippen molar-refractivity contribution in [2.24, 2.45) is 0 Å². The molecule has 1 unspecified atom stereocenters. The fraction of sp³-hybridized carbons (Fsp3) is 0.333. The predicted octanol–water partition coefficient (Wildman–Crippen LogP) is 2.37. The SMILES string of the molecule is Cc1oc2c(O)cccc2c1CC(C)O.[Ac].[Ac]. The molecule has 1 aromatic heterocycles. The second-order valence-electron chi connectivity index (χ2n) is 3.84. The molecule has 0 spiro atoms. The number of phenolic OH excluding ortho intramolecular Hbond substituents is 1. The van der Waals surface area contributed by atoms with Crippen molar-refractivity contribution in [2.45, 2.75) is 26.4 Å². The minimum absolute atomic E-state index is 0. The maximum absolute atomic E-state index is 9.59. The fourth-order valence-electron chi connectivity index (χ4n) is 1.82. The summed E-state index contributed by atoms with van der Waals surface area (Å²) in [5.41, 5.74) is 1.47. The number of benzene rings is 1. The van der Waals surface area contributed by atoms with Crippen LogP contribution in [0.15, 0.2) is 22.6 Å². The number of hydrogen-bond donors (Lipinski definition) is 2. The summed E-state index contributed by atoms with van der Waals surface area (Å²) in [7, 11) is 0. The zero-order chi connectivity index (χ0) is 11.0. The summed E-state index contributed by atoms with van der Waals surface area (Å²) in [4.78, 5) is 0. The standard InChI is InChI=1S/C12H14O3.2Ac/c1-7(13)6-10-8(2)15-12-9(10)4-3-5-11(12)14;;/h3-5,7,13-14H,6H2,1-2H3;;. The third-order valence-electron chi connectivity index (χ3n) is 2.50. The van der Waals surface area contributed by atoms with Crippen LogP contribution in [-0.2, 0) is 6.42 Å². The van der Waals surface area contributed by atoms with Crippen molar-refractivity contribution in [1.82, 2.24) is 0 Å². The van der Waals surface area contributed by atoms with Gasteiger partial charge in [0.25, 0.3) is 0 Å². The first-order chi connectivity index (χ1) is 7.09. The molecule has 2 rings (SSSR count). The third kappa shape index (κ3) is 4.19. The summed E-state index contributed by atoms with van der Waals surface area (Å²) in [5, 5.41) is 19.8. The molecule has 2 aromatic rings. The van der Waals surface area contributed by atoms with Crippen LogP contribution in [0.3, 0.4) is 0 Å². The van der Waals surface area contributed by atoms with Crippen molar-refractivity contribution in [3.8, 4) is 5.75 Å². The largest absolute Gasteiger partial charge is 0.504 e. The van der Waals surface area contributed by atoms with E-state index in [1.54, 1.807) is 19.1 Å². The van der Waals surface area contributed by atoms with Gasteiger partial charge in [0.2, 0.25) is 0 Å². The van der Waals surface area contributed by atoms with Crippen LogP contribution in [0, 0.1) is 95.0 Å². The van der Waals surface area contributed by atoms with Crippen LogP contribution >= 0.6 is 0 Å². The van der Waals surface area contributed by atoms with Crippen molar-refractivity contribution in [3.63, 3.8) is 0 Å². The predicted molar refractivity (Wildman–Crippen MR) is 58.0 cm³/mol. The Kier molecular flexibility index (Phi) is 8.51. The van der Waals surface area contributed by atoms with Gasteiger partial charge in [0.15, 0.2) is 11.3 Å². The maximum Gasteiger partial charge on any atom is 0.176 e. The van der Waals surface area contributed by atoms with Crippen LogP contribution in [0.25, 0.3) is 11.0 Å². The van der Waals surface area contributed by atoms with Crippen LogP contribution in [-0.4, -0.2) is 16.3 Å². The molecule has 1 heterocycles. The van der Waals surface area contributed by atoms with Gasteiger partial charge in [0.05, 0.1) is 6.10 Å². The van der Waals surface area contributed by atoms with Crippen LogP contribution < -0.4 is 0 Å². The summed E-state index contributed by atoms with van der Waals surface area (Å²) in [5.74, 6) is 0.903. The van der Waals surface area contributed by atoms with Gasteiger partial charge in [-0.3, -0.25) is 0 Å². The van der Waals surface area contributed by atoms with Gasteiger partial charge < -0.3 is 14.6 Å². The Morgan fingerprint density at radius 1 is 1.29 bits per heavy atom. The number of para-hydroxylation sites is 1. The first kappa shape index (κ1) is 18.4. The number of aliphatic hydroxyl groups is 1. The molecule has 0 saturated heterocycles. The third-order valence-corrected chi connectivity index (χ3v) is 2.50. The number of furan rings is 1. The van der Waals surface area contributed by atoms with Gasteiger partial charge in [-0.25, -0.2) is 0 Å². The van der Waals surface area contributed by atoms with Gasteiger partial charge in [-0.2, -0.15) is 0 Å². The normalized spacial score (nSPS) is 11.7. The van der Waals surface area contributed by atoms with E-state index in [0.29, 0.717) is 12.0 Å². The number of fused-ring (bicyclic) bond motifs is 1. The molecule has 1 atom stereocenters. The molecule has 0 bridgehead atoms. The Labute approximate surface area is 172 Å². The second-order valence-corrected chi connectivity index (χ2v) is 3.84. The molecular formula is C12H14Ac2O3. The van der Waals surface area contributed by atoms with E-state index in [1.165, 1.54) is 0 Å². The molecule has 3 nitrogen and oxygen atoms in total. The smallest absolute Gasteiger partial charge is 0.176 e.